The van der Waals surface area contributed by atoms with Gasteiger partial charge in [0.2, 0.25) is 5.95 Å². The van der Waals surface area contributed by atoms with Gasteiger partial charge in [0.05, 0.1) is 16.8 Å². The number of unbranched alkanes of at least 4 members (excludes halogenated alkanes) is 2. The van der Waals surface area contributed by atoms with Gasteiger partial charge in [-0.2, -0.15) is 23.3 Å². The van der Waals surface area contributed by atoms with E-state index in [1.807, 2.05) is 0 Å². The van der Waals surface area contributed by atoms with Crippen molar-refractivity contribution in [2.24, 2.45) is 0 Å². The number of nitrogens with one attached hydrogen (secondary N) is 2. The van der Waals surface area contributed by atoms with E-state index < -0.39 is 11.7 Å². The van der Waals surface area contributed by atoms with E-state index in [1.54, 1.807) is 0 Å². The Bertz CT molecular complexity index is 678. The van der Waals surface area contributed by atoms with Crippen molar-refractivity contribution in [1.29, 1.82) is 0 Å². The van der Waals surface area contributed by atoms with Crippen molar-refractivity contribution in [3.05, 3.63) is 35.0 Å². The molecule has 0 unspecified atom stereocenters. The van der Waals surface area contributed by atoms with Crippen LogP contribution in [0.1, 0.15) is 31.7 Å². The molecule has 0 amide bonds. The Morgan fingerprint density at radius 3 is 2.71 bits per heavy atom. The fourth-order valence-electron chi connectivity index (χ4n) is 1.98. The topological polar surface area (TPSA) is 62.7 Å². The molecule has 2 aromatic rings. The number of benzene rings is 1. The minimum Gasteiger partial charge on any atom is -0.369 e. The van der Waals surface area contributed by atoms with Crippen molar-refractivity contribution in [2.45, 2.75) is 32.4 Å². The highest BCUT2D eigenvalue weighted by Crippen LogP contribution is 2.36. The number of halogens is 4. The Hall–Kier alpha value is -2.09. The van der Waals surface area contributed by atoms with Crippen LogP contribution in [0.25, 0.3) is 0 Å². The Labute approximate surface area is 142 Å². The molecule has 0 saturated heterocycles. The van der Waals surface area contributed by atoms with E-state index in [1.165, 1.54) is 18.3 Å². The summed E-state index contributed by atoms with van der Waals surface area (Å²) in [5, 5.41) is 13.0. The molecule has 0 aliphatic rings. The maximum atomic E-state index is 12.9. The van der Waals surface area contributed by atoms with Crippen molar-refractivity contribution >= 4 is 29.1 Å². The van der Waals surface area contributed by atoms with Crippen LogP contribution in [0, 0.1) is 0 Å². The summed E-state index contributed by atoms with van der Waals surface area (Å²) in [6.07, 6.45) is 0.127. The number of rotatable bonds is 7. The van der Waals surface area contributed by atoms with Gasteiger partial charge in [-0.15, -0.1) is 5.10 Å². The summed E-state index contributed by atoms with van der Waals surface area (Å²) in [6, 6.07) is 3.50. The number of aromatic nitrogens is 3. The van der Waals surface area contributed by atoms with Crippen LogP contribution in [0.15, 0.2) is 24.4 Å². The van der Waals surface area contributed by atoms with E-state index in [2.05, 4.69) is 32.7 Å². The predicted molar refractivity (Wildman–Crippen MR) is 87.6 cm³/mol. The second-order valence-electron chi connectivity index (χ2n) is 5.12. The summed E-state index contributed by atoms with van der Waals surface area (Å²) >= 11 is 5.59. The van der Waals surface area contributed by atoms with E-state index in [4.69, 9.17) is 11.6 Å². The number of alkyl halides is 3. The van der Waals surface area contributed by atoms with Gasteiger partial charge >= 0.3 is 6.18 Å². The largest absolute Gasteiger partial charge is 0.417 e. The van der Waals surface area contributed by atoms with Gasteiger partial charge in [0.25, 0.3) is 0 Å². The summed E-state index contributed by atoms with van der Waals surface area (Å²) in [4.78, 5) is 4.17. The molecule has 2 N–H and O–H groups in total. The summed E-state index contributed by atoms with van der Waals surface area (Å²) in [6.45, 7) is 2.85. The molecule has 1 heterocycles. The smallest absolute Gasteiger partial charge is 0.369 e. The summed E-state index contributed by atoms with van der Waals surface area (Å²) in [5.74, 6) is 0.611. The van der Waals surface area contributed by atoms with Crippen LogP contribution in [0.4, 0.5) is 30.6 Å². The third kappa shape index (κ3) is 5.23. The molecule has 0 aliphatic carbocycles. The first-order chi connectivity index (χ1) is 11.4. The van der Waals surface area contributed by atoms with E-state index >= 15 is 0 Å². The van der Waals surface area contributed by atoms with E-state index in [0.29, 0.717) is 5.82 Å². The first-order valence-electron chi connectivity index (χ1n) is 7.47. The molecule has 9 heteroatoms. The summed E-state index contributed by atoms with van der Waals surface area (Å²) in [5.41, 5.74) is -0.743. The van der Waals surface area contributed by atoms with E-state index in [9.17, 15) is 13.2 Å². The molecule has 130 valence electrons. The first-order valence-corrected chi connectivity index (χ1v) is 7.85. The highest BCUT2D eigenvalue weighted by molar-refractivity contribution is 6.31. The van der Waals surface area contributed by atoms with Crippen LogP contribution in [0.5, 0.6) is 0 Å². The average Bonchev–Trinajstić information content (AvgIpc) is 2.53. The maximum Gasteiger partial charge on any atom is 0.417 e. The zero-order valence-electron chi connectivity index (χ0n) is 13.0. The molecule has 24 heavy (non-hydrogen) atoms. The number of anilines is 3. The second-order valence-corrected chi connectivity index (χ2v) is 5.52. The lowest BCUT2D eigenvalue weighted by atomic mass is 10.2. The van der Waals surface area contributed by atoms with Crippen molar-refractivity contribution in [1.82, 2.24) is 15.2 Å². The number of hydrogen-bond donors (Lipinski definition) is 2. The molecule has 5 nitrogen and oxygen atoms in total. The van der Waals surface area contributed by atoms with Crippen LogP contribution in [0.2, 0.25) is 5.02 Å². The van der Waals surface area contributed by atoms with Crippen molar-refractivity contribution in [3.63, 3.8) is 0 Å². The Kier molecular flexibility index (Phi) is 6.19. The van der Waals surface area contributed by atoms with Gasteiger partial charge in [0.15, 0.2) is 5.82 Å². The number of nitrogens with zero attached hydrogens (tertiary/aromatic N) is 3. The number of hydrogen-bond acceptors (Lipinski definition) is 5. The molecule has 0 bridgehead atoms. The van der Waals surface area contributed by atoms with Crippen LogP contribution in [-0.2, 0) is 6.18 Å². The third-order valence-electron chi connectivity index (χ3n) is 3.17. The lowest BCUT2D eigenvalue weighted by Gasteiger charge is -2.12. The molecule has 0 fully saturated rings. The van der Waals surface area contributed by atoms with Gasteiger partial charge in [-0.05, 0) is 24.6 Å². The Morgan fingerprint density at radius 2 is 2.00 bits per heavy atom. The molecular formula is C15H17ClF3N5. The van der Waals surface area contributed by atoms with E-state index in [-0.39, 0.29) is 16.7 Å². The normalized spacial score (nSPS) is 11.4. The highest BCUT2D eigenvalue weighted by atomic mass is 35.5. The Morgan fingerprint density at radius 1 is 1.21 bits per heavy atom. The van der Waals surface area contributed by atoms with Crippen molar-refractivity contribution < 1.29 is 13.2 Å². The van der Waals surface area contributed by atoms with Gasteiger partial charge in [0, 0.05) is 12.2 Å². The lowest BCUT2D eigenvalue weighted by Crippen LogP contribution is -2.08. The molecule has 0 aliphatic heterocycles. The molecule has 1 aromatic heterocycles. The summed E-state index contributed by atoms with van der Waals surface area (Å²) in [7, 11) is 0. The molecule has 0 radical (unpaired) electrons. The maximum absolute atomic E-state index is 12.9. The van der Waals surface area contributed by atoms with Gasteiger partial charge in [-0.3, -0.25) is 0 Å². The molecule has 1 aromatic carbocycles. The molecule has 0 saturated carbocycles. The van der Waals surface area contributed by atoms with E-state index in [0.717, 1.165) is 31.9 Å². The first kappa shape index (κ1) is 18.3. The second kappa shape index (κ2) is 8.14. The van der Waals surface area contributed by atoms with Gasteiger partial charge in [-0.1, -0.05) is 31.4 Å². The SMILES string of the molecule is CCCCCNc1cnnc(Nc2ccc(Cl)c(C(F)(F)F)c2)n1. The Balaban J connectivity index is 2.08. The minimum absolute atomic E-state index is 0.103. The molecular weight excluding hydrogens is 343 g/mol. The van der Waals surface area contributed by atoms with Crippen LogP contribution >= 0.6 is 11.6 Å². The van der Waals surface area contributed by atoms with Crippen molar-refractivity contribution in [2.75, 3.05) is 17.2 Å². The zero-order valence-corrected chi connectivity index (χ0v) is 13.7. The summed E-state index contributed by atoms with van der Waals surface area (Å²) < 4.78 is 38.6. The third-order valence-corrected chi connectivity index (χ3v) is 3.50. The predicted octanol–water partition coefficient (Wildman–Crippen LogP) is 4.89. The molecule has 0 atom stereocenters. The van der Waals surface area contributed by atoms with Crippen LogP contribution < -0.4 is 10.6 Å². The zero-order chi connectivity index (χ0) is 17.6. The van der Waals surface area contributed by atoms with Crippen LogP contribution in [0.3, 0.4) is 0 Å². The highest BCUT2D eigenvalue weighted by Gasteiger charge is 2.33. The monoisotopic (exact) mass is 359 g/mol. The molecule has 2 rings (SSSR count). The quantitative estimate of drug-likeness (QED) is 0.689. The lowest BCUT2D eigenvalue weighted by molar-refractivity contribution is -0.137. The van der Waals surface area contributed by atoms with Gasteiger partial charge < -0.3 is 10.6 Å². The van der Waals surface area contributed by atoms with Crippen molar-refractivity contribution in [3.8, 4) is 0 Å². The minimum atomic E-state index is -4.53. The molecule has 0 spiro atoms. The fraction of sp³-hybridized carbons (Fsp3) is 0.400. The average molecular weight is 360 g/mol. The van der Waals surface area contributed by atoms with Gasteiger partial charge in [0.1, 0.15) is 0 Å². The van der Waals surface area contributed by atoms with Crippen LogP contribution in [-0.4, -0.2) is 21.7 Å². The fourth-order valence-corrected chi connectivity index (χ4v) is 2.21. The van der Waals surface area contributed by atoms with Gasteiger partial charge in [-0.25, -0.2) is 0 Å². The standard InChI is InChI=1S/C15H17ClF3N5/c1-2-3-4-7-20-13-9-21-24-14(23-13)22-10-5-6-12(16)11(8-10)15(17,18)19/h5-6,8-9H,2-4,7H2,1H3,(H2,20,22,23,24).